The monoisotopic (exact) mass is 547 g/mol. The van der Waals surface area contributed by atoms with Gasteiger partial charge in [0.15, 0.2) is 0 Å². The summed E-state index contributed by atoms with van der Waals surface area (Å²) in [6, 6.07) is 16.8. The van der Waals surface area contributed by atoms with E-state index in [2.05, 4.69) is 5.32 Å². The third-order valence-electron chi connectivity index (χ3n) is 5.73. The van der Waals surface area contributed by atoms with E-state index in [4.69, 9.17) is 16.3 Å². The van der Waals surface area contributed by atoms with Gasteiger partial charge >= 0.3 is 0 Å². The second-order valence-electron chi connectivity index (χ2n) is 8.04. The number of nitrogens with zero attached hydrogens (tertiary/aromatic N) is 2. The van der Waals surface area contributed by atoms with Crippen LogP contribution in [0, 0.1) is 5.82 Å². The Labute approximate surface area is 220 Å². The number of hydrogen-bond acceptors (Lipinski definition) is 5. The molecule has 0 aliphatic heterocycles. The van der Waals surface area contributed by atoms with Crippen LogP contribution in [0.1, 0.15) is 12.5 Å². The topological polar surface area (TPSA) is 96.0 Å². The van der Waals surface area contributed by atoms with Crippen LogP contribution in [-0.2, 0) is 26.2 Å². The third kappa shape index (κ3) is 6.39. The van der Waals surface area contributed by atoms with Crippen molar-refractivity contribution in [2.45, 2.75) is 24.4 Å². The zero-order chi connectivity index (χ0) is 27.2. The van der Waals surface area contributed by atoms with Crippen molar-refractivity contribution in [1.82, 2.24) is 10.2 Å². The molecule has 0 saturated carbocycles. The Hall–Kier alpha value is -3.63. The first kappa shape index (κ1) is 27.9. The molecule has 0 heterocycles. The first-order valence-corrected chi connectivity index (χ1v) is 13.1. The molecule has 0 aromatic heterocycles. The summed E-state index contributed by atoms with van der Waals surface area (Å²) in [7, 11) is -1.52. The first-order chi connectivity index (χ1) is 17.6. The van der Waals surface area contributed by atoms with E-state index in [0.717, 1.165) is 9.21 Å². The fourth-order valence-corrected chi connectivity index (χ4v) is 5.30. The van der Waals surface area contributed by atoms with E-state index >= 15 is 0 Å². The molecule has 0 saturated heterocycles. The quantitative estimate of drug-likeness (QED) is 0.416. The van der Waals surface area contributed by atoms with Crippen molar-refractivity contribution in [3.05, 3.63) is 89.2 Å². The Morgan fingerprint density at radius 2 is 1.70 bits per heavy atom. The molecule has 0 bridgehead atoms. The van der Waals surface area contributed by atoms with Crippen molar-refractivity contribution in [2.24, 2.45) is 0 Å². The Balaban J connectivity index is 2.11. The Morgan fingerprint density at radius 1 is 1.05 bits per heavy atom. The number of carbonyl (C=O) groups is 2. The SMILES string of the molecule is CNC(=O)C(C)N(Cc1ccccc1F)C(=O)CN(c1cc(Cl)ccc1OC)S(=O)(=O)c1ccccc1. The normalized spacial score (nSPS) is 11.9. The van der Waals surface area contributed by atoms with Crippen LogP contribution in [0.3, 0.4) is 0 Å². The predicted octanol–water partition coefficient (Wildman–Crippen LogP) is 3.85. The molecule has 3 aromatic rings. The number of rotatable bonds is 10. The highest BCUT2D eigenvalue weighted by Crippen LogP contribution is 2.35. The van der Waals surface area contributed by atoms with Crippen molar-refractivity contribution in [3.8, 4) is 5.75 Å². The second kappa shape index (κ2) is 12.1. The molecule has 3 rings (SSSR count). The van der Waals surface area contributed by atoms with E-state index in [1.807, 2.05) is 0 Å². The summed E-state index contributed by atoms with van der Waals surface area (Å²) >= 11 is 6.18. The summed E-state index contributed by atoms with van der Waals surface area (Å²) in [6.07, 6.45) is 0. The number of halogens is 2. The van der Waals surface area contributed by atoms with Gasteiger partial charge in [0.2, 0.25) is 11.8 Å². The van der Waals surface area contributed by atoms with Crippen LogP contribution < -0.4 is 14.4 Å². The first-order valence-electron chi connectivity index (χ1n) is 11.3. The molecule has 0 radical (unpaired) electrons. The van der Waals surface area contributed by atoms with Crippen molar-refractivity contribution >= 4 is 39.1 Å². The van der Waals surface area contributed by atoms with E-state index < -0.39 is 40.2 Å². The molecule has 37 heavy (non-hydrogen) atoms. The minimum Gasteiger partial charge on any atom is -0.495 e. The lowest BCUT2D eigenvalue weighted by molar-refractivity contribution is -0.139. The number of nitrogens with one attached hydrogen (secondary N) is 1. The molecule has 0 spiro atoms. The Morgan fingerprint density at radius 3 is 2.32 bits per heavy atom. The molecular weight excluding hydrogens is 521 g/mol. The largest absolute Gasteiger partial charge is 0.495 e. The highest BCUT2D eigenvalue weighted by molar-refractivity contribution is 7.92. The lowest BCUT2D eigenvalue weighted by Gasteiger charge is -2.32. The Kier molecular flexibility index (Phi) is 9.12. The van der Waals surface area contributed by atoms with Crippen molar-refractivity contribution in [1.29, 1.82) is 0 Å². The summed E-state index contributed by atoms with van der Waals surface area (Å²) in [6.45, 7) is 0.517. The van der Waals surface area contributed by atoms with Crippen LogP contribution in [-0.4, -0.2) is 51.9 Å². The zero-order valence-electron chi connectivity index (χ0n) is 20.5. The summed E-state index contributed by atoms with van der Waals surface area (Å²) in [5, 5.41) is 2.69. The van der Waals surface area contributed by atoms with Gasteiger partial charge < -0.3 is 15.0 Å². The maximum absolute atomic E-state index is 14.5. The highest BCUT2D eigenvalue weighted by atomic mass is 35.5. The van der Waals surface area contributed by atoms with Crippen LogP contribution >= 0.6 is 11.6 Å². The lowest BCUT2D eigenvalue weighted by Crippen LogP contribution is -2.50. The minimum atomic E-state index is -4.29. The average Bonchev–Trinajstić information content (AvgIpc) is 2.90. The zero-order valence-corrected chi connectivity index (χ0v) is 22.1. The highest BCUT2D eigenvalue weighted by Gasteiger charge is 2.34. The molecule has 11 heteroatoms. The van der Waals surface area contributed by atoms with E-state index in [9.17, 15) is 22.4 Å². The maximum Gasteiger partial charge on any atom is 0.264 e. The molecule has 1 N–H and O–H groups in total. The van der Waals surface area contributed by atoms with E-state index in [1.54, 1.807) is 24.3 Å². The molecule has 0 aliphatic carbocycles. The van der Waals surface area contributed by atoms with Crippen molar-refractivity contribution in [2.75, 3.05) is 25.0 Å². The molecule has 1 unspecified atom stereocenters. The van der Waals surface area contributed by atoms with E-state index in [-0.39, 0.29) is 33.5 Å². The molecule has 196 valence electrons. The van der Waals surface area contributed by atoms with Gasteiger partial charge in [0.1, 0.15) is 24.2 Å². The number of hydrogen-bond donors (Lipinski definition) is 1. The van der Waals surface area contributed by atoms with E-state index in [0.29, 0.717) is 0 Å². The van der Waals surface area contributed by atoms with Crippen LogP contribution in [0.5, 0.6) is 5.75 Å². The summed E-state index contributed by atoms with van der Waals surface area (Å²) in [4.78, 5) is 27.3. The van der Waals surface area contributed by atoms with Gasteiger partial charge in [-0.3, -0.25) is 13.9 Å². The minimum absolute atomic E-state index is 0.0330. The third-order valence-corrected chi connectivity index (χ3v) is 7.74. The number of anilines is 1. The standard InChI is InChI=1S/C26H27ClFN3O5S/c1-18(26(33)29-2)30(16-19-9-7-8-12-22(19)28)25(32)17-31(23-15-20(27)13-14-24(23)36-3)37(34,35)21-10-5-4-6-11-21/h4-15,18H,16-17H2,1-3H3,(H,29,33). The average molecular weight is 548 g/mol. The van der Waals surface area contributed by atoms with Gasteiger partial charge in [-0.25, -0.2) is 12.8 Å². The predicted molar refractivity (Wildman–Crippen MR) is 139 cm³/mol. The molecule has 2 amide bonds. The molecule has 0 aliphatic rings. The smallest absolute Gasteiger partial charge is 0.264 e. The number of carbonyl (C=O) groups excluding carboxylic acids is 2. The maximum atomic E-state index is 14.5. The number of amides is 2. The number of sulfonamides is 1. The molecule has 3 aromatic carbocycles. The number of ether oxygens (including phenoxy) is 1. The molecule has 8 nitrogen and oxygen atoms in total. The fourth-order valence-electron chi connectivity index (χ4n) is 3.69. The second-order valence-corrected chi connectivity index (χ2v) is 10.3. The van der Waals surface area contributed by atoms with Crippen molar-refractivity contribution in [3.63, 3.8) is 0 Å². The van der Waals surface area contributed by atoms with Gasteiger partial charge in [-0.15, -0.1) is 0 Å². The van der Waals surface area contributed by atoms with Crippen LogP contribution in [0.2, 0.25) is 5.02 Å². The van der Waals surface area contributed by atoms with Gasteiger partial charge in [0, 0.05) is 24.2 Å². The van der Waals surface area contributed by atoms with Crippen molar-refractivity contribution < 1.29 is 27.1 Å². The summed E-state index contributed by atoms with van der Waals surface area (Å²) < 4.78 is 48.2. The van der Waals surface area contributed by atoms with Crippen LogP contribution in [0.4, 0.5) is 10.1 Å². The molecule has 1 atom stereocenters. The summed E-state index contributed by atoms with van der Waals surface area (Å²) in [5.74, 6) is -1.63. The number of likely N-dealkylation sites (N-methyl/N-ethyl adjacent to an activating group) is 1. The number of methoxy groups -OCH3 is 1. The van der Waals surface area contributed by atoms with Gasteiger partial charge in [-0.05, 0) is 43.3 Å². The van der Waals surface area contributed by atoms with Gasteiger partial charge in [-0.2, -0.15) is 0 Å². The van der Waals surface area contributed by atoms with Gasteiger partial charge in [0.25, 0.3) is 10.0 Å². The van der Waals surface area contributed by atoms with Crippen LogP contribution in [0.25, 0.3) is 0 Å². The summed E-state index contributed by atoms with van der Waals surface area (Å²) in [5.41, 5.74) is 0.204. The van der Waals surface area contributed by atoms with Crippen LogP contribution in [0.15, 0.2) is 77.7 Å². The molecular formula is C26H27ClFN3O5S. The van der Waals surface area contributed by atoms with E-state index in [1.165, 1.54) is 69.6 Å². The number of benzene rings is 3. The lowest BCUT2D eigenvalue weighted by atomic mass is 10.1. The van der Waals surface area contributed by atoms with Gasteiger partial charge in [0.05, 0.1) is 17.7 Å². The van der Waals surface area contributed by atoms with Gasteiger partial charge in [-0.1, -0.05) is 48.0 Å². The molecule has 0 fully saturated rings. The fraction of sp³-hybridized carbons (Fsp3) is 0.231. The Bertz CT molecular complexity index is 1370.